The van der Waals surface area contributed by atoms with Crippen molar-refractivity contribution in [2.24, 2.45) is 0 Å². The molecule has 2 heterocycles. The largest absolute Gasteiger partial charge is 0.343 e. The highest BCUT2D eigenvalue weighted by molar-refractivity contribution is 7.13. The predicted molar refractivity (Wildman–Crippen MR) is 63.4 cm³/mol. The van der Waals surface area contributed by atoms with Gasteiger partial charge in [0.05, 0.1) is 0 Å². The Balaban J connectivity index is 2.30. The molecule has 0 unspecified atom stereocenters. The molecule has 0 aliphatic rings. The predicted octanol–water partition coefficient (Wildman–Crippen LogP) is 1.91. The van der Waals surface area contributed by atoms with Crippen LogP contribution in [0.1, 0.15) is 10.5 Å². The van der Waals surface area contributed by atoms with Crippen molar-refractivity contribution in [3.8, 4) is 10.6 Å². The van der Waals surface area contributed by atoms with Gasteiger partial charge < -0.3 is 4.90 Å². The Labute approximate surface area is 97.6 Å². The first-order valence-electron chi connectivity index (χ1n) is 4.76. The first-order valence-corrected chi connectivity index (χ1v) is 5.64. The lowest BCUT2D eigenvalue weighted by atomic mass is 10.3. The van der Waals surface area contributed by atoms with E-state index in [9.17, 15) is 4.79 Å². The molecule has 0 aromatic carbocycles. The lowest BCUT2D eigenvalue weighted by Gasteiger charge is -2.06. The number of carbonyl (C=O) groups is 1. The molecular formula is C11H11N3OS. The number of rotatable bonds is 2. The smallest absolute Gasteiger partial charge is 0.272 e. The Morgan fingerprint density at radius 2 is 2.25 bits per heavy atom. The van der Waals surface area contributed by atoms with E-state index in [1.165, 1.54) is 16.2 Å². The number of nitrogens with zero attached hydrogens (tertiary/aromatic N) is 3. The maximum Gasteiger partial charge on any atom is 0.272 e. The highest BCUT2D eigenvalue weighted by Gasteiger charge is 2.13. The number of thiazole rings is 1. The van der Waals surface area contributed by atoms with Crippen molar-refractivity contribution >= 4 is 17.2 Å². The van der Waals surface area contributed by atoms with Crippen LogP contribution in [0.2, 0.25) is 0 Å². The first-order chi connectivity index (χ1) is 7.68. The third-order valence-corrected chi connectivity index (χ3v) is 2.93. The van der Waals surface area contributed by atoms with Crippen molar-refractivity contribution in [1.82, 2.24) is 14.9 Å². The highest BCUT2D eigenvalue weighted by atomic mass is 32.1. The summed E-state index contributed by atoms with van der Waals surface area (Å²) in [6, 6.07) is 3.78. The second kappa shape index (κ2) is 4.40. The van der Waals surface area contributed by atoms with Gasteiger partial charge in [-0.2, -0.15) is 0 Å². The van der Waals surface area contributed by atoms with E-state index in [-0.39, 0.29) is 5.91 Å². The Morgan fingerprint density at radius 1 is 1.44 bits per heavy atom. The van der Waals surface area contributed by atoms with Crippen molar-refractivity contribution < 1.29 is 4.79 Å². The summed E-state index contributed by atoms with van der Waals surface area (Å²) < 4.78 is 0. The third-order valence-electron chi connectivity index (χ3n) is 2.04. The normalized spacial score (nSPS) is 10.1. The minimum atomic E-state index is -0.0774. The topological polar surface area (TPSA) is 46.1 Å². The summed E-state index contributed by atoms with van der Waals surface area (Å²) in [5.74, 6) is -0.0774. The van der Waals surface area contributed by atoms with E-state index in [0.29, 0.717) is 5.69 Å². The van der Waals surface area contributed by atoms with Gasteiger partial charge in [-0.15, -0.1) is 11.3 Å². The SMILES string of the molecule is CN(C)C(=O)c1csc(-c2cccnc2)n1. The zero-order valence-electron chi connectivity index (χ0n) is 9.04. The van der Waals surface area contributed by atoms with Crippen molar-refractivity contribution in [3.63, 3.8) is 0 Å². The Morgan fingerprint density at radius 3 is 2.88 bits per heavy atom. The summed E-state index contributed by atoms with van der Waals surface area (Å²) in [6.07, 6.45) is 3.45. The maximum atomic E-state index is 11.6. The summed E-state index contributed by atoms with van der Waals surface area (Å²) in [4.78, 5) is 21.5. The fourth-order valence-electron chi connectivity index (χ4n) is 1.22. The molecule has 0 N–H and O–H groups in total. The quantitative estimate of drug-likeness (QED) is 0.796. The number of aromatic nitrogens is 2. The van der Waals surface area contributed by atoms with Crippen LogP contribution >= 0.6 is 11.3 Å². The van der Waals surface area contributed by atoms with Gasteiger partial charge in [-0.25, -0.2) is 4.98 Å². The van der Waals surface area contributed by atoms with Crippen molar-refractivity contribution in [2.75, 3.05) is 14.1 Å². The van der Waals surface area contributed by atoms with Crippen LogP contribution in [0, 0.1) is 0 Å². The molecule has 2 aromatic rings. The molecule has 0 bridgehead atoms. The summed E-state index contributed by atoms with van der Waals surface area (Å²) >= 11 is 1.45. The van der Waals surface area contributed by atoms with Gasteiger partial charge in [0.25, 0.3) is 5.91 Å². The molecule has 0 saturated heterocycles. The van der Waals surface area contributed by atoms with Crippen LogP contribution in [0.4, 0.5) is 0 Å². The van der Waals surface area contributed by atoms with Gasteiger partial charge in [-0.3, -0.25) is 9.78 Å². The van der Waals surface area contributed by atoms with Gasteiger partial charge in [0.15, 0.2) is 0 Å². The van der Waals surface area contributed by atoms with E-state index < -0.39 is 0 Å². The Hall–Kier alpha value is -1.75. The summed E-state index contributed by atoms with van der Waals surface area (Å²) in [7, 11) is 3.43. The van der Waals surface area contributed by atoms with Gasteiger partial charge in [0, 0.05) is 37.4 Å². The minimum Gasteiger partial charge on any atom is -0.343 e. The van der Waals surface area contributed by atoms with E-state index in [1.54, 1.807) is 31.9 Å². The van der Waals surface area contributed by atoms with E-state index in [0.717, 1.165) is 10.6 Å². The average Bonchev–Trinajstić information content (AvgIpc) is 2.78. The Kier molecular flexibility index (Phi) is 2.96. The molecule has 82 valence electrons. The molecule has 0 atom stereocenters. The molecule has 0 aliphatic carbocycles. The van der Waals surface area contributed by atoms with Crippen LogP contribution in [-0.4, -0.2) is 34.9 Å². The molecule has 2 aromatic heterocycles. The van der Waals surface area contributed by atoms with Crippen molar-refractivity contribution in [1.29, 1.82) is 0 Å². The van der Waals surface area contributed by atoms with Crippen LogP contribution in [0.3, 0.4) is 0 Å². The summed E-state index contributed by atoms with van der Waals surface area (Å²) in [5.41, 5.74) is 1.42. The van der Waals surface area contributed by atoms with E-state index in [1.807, 2.05) is 12.1 Å². The van der Waals surface area contributed by atoms with Gasteiger partial charge in [-0.05, 0) is 12.1 Å². The number of hydrogen-bond acceptors (Lipinski definition) is 4. The van der Waals surface area contributed by atoms with Gasteiger partial charge >= 0.3 is 0 Å². The van der Waals surface area contributed by atoms with Crippen LogP contribution in [0.15, 0.2) is 29.9 Å². The van der Waals surface area contributed by atoms with Crippen LogP contribution in [0.5, 0.6) is 0 Å². The standard InChI is InChI=1S/C11H11N3OS/c1-14(2)11(15)9-7-16-10(13-9)8-4-3-5-12-6-8/h3-7H,1-2H3. The monoisotopic (exact) mass is 233 g/mol. The second-order valence-corrected chi connectivity index (χ2v) is 4.34. The lowest BCUT2D eigenvalue weighted by Crippen LogP contribution is -2.21. The second-order valence-electron chi connectivity index (χ2n) is 3.48. The molecule has 1 amide bonds. The molecule has 0 radical (unpaired) electrons. The molecule has 0 spiro atoms. The zero-order chi connectivity index (χ0) is 11.5. The molecule has 0 saturated carbocycles. The number of pyridine rings is 1. The maximum absolute atomic E-state index is 11.6. The molecule has 0 aliphatic heterocycles. The zero-order valence-corrected chi connectivity index (χ0v) is 9.86. The molecule has 0 fully saturated rings. The lowest BCUT2D eigenvalue weighted by molar-refractivity contribution is 0.0823. The number of hydrogen-bond donors (Lipinski definition) is 0. The van der Waals surface area contributed by atoms with Gasteiger partial charge in [0.1, 0.15) is 10.7 Å². The number of amides is 1. The van der Waals surface area contributed by atoms with E-state index in [2.05, 4.69) is 9.97 Å². The van der Waals surface area contributed by atoms with Gasteiger partial charge in [0.2, 0.25) is 0 Å². The van der Waals surface area contributed by atoms with Crippen LogP contribution in [0.25, 0.3) is 10.6 Å². The van der Waals surface area contributed by atoms with Gasteiger partial charge in [-0.1, -0.05) is 0 Å². The van der Waals surface area contributed by atoms with E-state index >= 15 is 0 Å². The molecular weight excluding hydrogens is 222 g/mol. The third kappa shape index (κ3) is 2.09. The van der Waals surface area contributed by atoms with Crippen molar-refractivity contribution in [2.45, 2.75) is 0 Å². The fourth-order valence-corrected chi connectivity index (χ4v) is 2.01. The van der Waals surface area contributed by atoms with Crippen LogP contribution in [-0.2, 0) is 0 Å². The van der Waals surface area contributed by atoms with E-state index in [4.69, 9.17) is 0 Å². The average molecular weight is 233 g/mol. The summed E-state index contributed by atoms with van der Waals surface area (Å²) in [5, 5.41) is 2.59. The number of carbonyl (C=O) groups excluding carboxylic acids is 1. The first kappa shape index (κ1) is 10.8. The Bertz CT molecular complexity index is 493. The molecule has 2 rings (SSSR count). The van der Waals surface area contributed by atoms with Crippen molar-refractivity contribution in [3.05, 3.63) is 35.6 Å². The minimum absolute atomic E-state index is 0.0774. The fraction of sp³-hybridized carbons (Fsp3) is 0.182. The highest BCUT2D eigenvalue weighted by Crippen LogP contribution is 2.22. The molecule has 5 heteroatoms. The molecule has 4 nitrogen and oxygen atoms in total. The molecule has 16 heavy (non-hydrogen) atoms. The summed E-state index contributed by atoms with van der Waals surface area (Å²) in [6.45, 7) is 0. The van der Waals surface area contributed by atoms with Crippen LogP contribution < -0.4 is 0 Å².